The molecule has 0 radical (unpaired) electrons. The van der Waals surface area contributed by atoms with Gasteiger partial charge >= 0.3 is 5.69 Å². The summed E-state index contributed by atoms with van der Waals surface area (Å²) in [5.41, 5.74) is 5.05. The SMILES string of the molecule is CSCCCCCNc1c(N)n(C)c(=O)[nH]c1=O. The van der Waals surface area contributed by atoms with Gasteiger partial charge in [0.1, 0.15) is 11.5 Å². The van der Waals surface area contributed by atoms with Crippen LogP contribution in [0.5, 0.6) is 0 Å². The zero-order chi connectivity index (χ0) is 13.5. The van der Waals surface area contributed by atoms with Crippen molar-refractivity contribution in [1.29, 1.82) is 0 Å². The van der Waals surface area contributed by atoms with E-state index in [1.807, 2.05) is 11.8 Å². The lowest BCUT2D eigenvalue weighted by molar-refractivity contribution is 0.746. The van der Waals surface area contributed by atoms with Crippen molar-refractivity contribution in [1.82, 2.24) is 9.55 Å². The van der Waals surface area contributed by atoms with Gasteiger partial charge < -0.3 is 11.1 Å². The van der Waals surface area contributed by atoms with Crippen LogP contribution in [0.2, 0.25) is 0 Å². The van der Waals surface area contributed by atoms with Crippen molar-refractivity contribution in [3.63, 3.8) is 0 Å². The molecule has 102 valence electrons. The van der Waals surface area contributed by atoms with Crippen molar-refractivity contribution in [2.75, 3.05) is 29.6 Å². The molecule has 0 saturated carbocycles. The fourth-order valence-corrected chi connectivity index (χ4v) is 2.06. The van der Waals surface area contributed by atoms with Crippen molar-refractivity contribution < 1.29 is 0 Å². The van der Waals surface area contributed by atoms with Crippen LogP contribution in [-0.2, 0) is 7.05 Å². The molecule has 0 bridgehead atoms. The predicted molar refractivity (Wildman–Crippen MR) is 77.4 cm³/mol. The van der Waals surface area contributed by atoms with E-state index < -0.39 is 11.2 Å². The van der Waals surface area contributed by atoms with Crippen LogP contribution in [0.1, 0.15) is 19.3 Å². The molecule has 4 N–H and O–H groups in total. The van der Waals surface area contributed by atoms with Gasteiger partial charge in [0.2, 0.25) is 0 Å². The zero-order valence-electron chi connectivity index (χ0n) is 10.8. The molecule has 1 heterocycles. The van der Waals surface area contributed by atoms with Crippen molar-refractivity contribution >= 4 is 23.3 Å². The first-order chi connectivity index (χ1) is 8.57. The highest BCUT2D eigenvalue weighted by molar-refractivity contribution is 7.98. The number of rotatable bonds is 7. The minimum Gasteiger partial charge on any atom is -0.383 e. The van der Waals surface area contributed by atoms with Crippen LogP contribution in [0.4, 0.5) is 11.5 Å². The fraction of sp³-hybridized carbons (Fsp3) is 0.636. The Morgan fingerprint density at radius 2 is 2.06 bits per heavy atom. The molecule has 1 aromatic rings. The number of aromatic amines is 1. The molecular weight excluding hydrogens is 252 g/mol. The quantitative estimate of drug-likeness (QED) is 0.632. The van der Waals surface area contributed by atoms with Crippen LogP contribution in [0, 0.1) is 0 Å². The molecule has 0 aliphatic heterocycles. The van der Waals surface area contributed by atoms with Gasteiger partial charge in [0.05, 0.1) is 0 Å². The number of nitrogens with two attached hydrogens (primary N) is 1. The molecule has 0 aliphatic rings. The number of nitrogen functional groups attached to an aromatic ring is 1. The van der Waals surface area contributed by atoms with Crippen LogP contribution in [0.15, 0.2) is 9.59 Å². The molecule has 7 heteroatoms. The van der Waals surface area contributed by atoms with Gasteiger partial charge in [0.15, 0.2) is 0 Å². The number of thioether (sulfide) groups is 1. The van der Waals surface area contributed by atoms with E-state index in [0.717, 1.165) is 18.6 Å². The van der Waals surface area contributed by atoms with Crippen molar-refractivity contribution in [3.05, 3.63) is 20.8 Å². The number of H-pyrrole nitrogens is 1. The summed E-state index contributed by atoms with van der Waals surface area (Å²) in [6, 6.07) is 0. The van der Waals surface area contributed by atoms with Crippen LogP contribution in [-0.4, -0.2) is 28.1 Å². The Hall–Kier alpha value is -1.37. The molecule has 0 spiro atoms. The molecule has 1 aromatic heterocycles. The van der Waals surface area contributed by atoms with Gasteiger partial charge in [-0.3, -0.25) is 14.3 Å². The van der Waals surface area contributed by atoms with Crippen molar-refractivity contribution in [2.24, 2.45) is 7.05 Å². The maximum Gasteiger partial charge on any atom is 0.329 e. The summed E-state index contributed by atoms with van der Waals surface area (Å²) in [4.78, 5) is 25.0. The largest absolute Gasteiger partial charge is 0.383 e. The smallest absolute Gasteiger partial charge is 0.329 e. The minimum absolute atomic E-state index is 0.174. The second kappa shape index (κ2) is 7.15. The van der Waals surface area contributed by atoms with Gasteiger partial charge in [-0.2, -0.15) is 11.8 Å². The highest BCUT2D eigenvalue weighted by Crippen LogP contribution is 2.09. The number of aromatic nitrogens is 2. The second-order valence-electron chi connectivity index (χ2n) is 4.06. The summed E-state index contributed by atoms with van der Waals surface area (Å²) < 4.78 is 1.22. The zero-order valence-corrected chi connectivity index (χ0v) is 11.6. The van der Waals surface area contributed by atoms with Gasteiger partial charge in [-0.1, -0.05) is 6.42 Å². The lowest BCUT2D eigenvalue weighted by atomic mass is 10.2. The van der Waals surface area contributed by atoms with Crippen LogP contribution in [0.3, 0.4) is 0 Å². The molecule has 0 fully saturated rings. The van der Waals surface area contributed by atoms with E-state index in [1.54, 1.807) is 0 Å². The fourth-order valence-electron chi connectivity index (χ4n) is 1.57. The molecule has 6 nitrogen and oxygen atoms in total. The molecule has 0 aromatic carbocycles. The lowest BCUT2D eigenvalue weighted by Gasteiger charge is -2.10. The van der Waals surface area contributed by atoms with Gasteiger partial charge in [0.25, 0.3) is 5.56 Å². The molecule has 1 rings (SSSR count). The Morgan fingerprint density at radius 3 is 2.72 bits per heavy atom. The molecule has 0 saturated heterocycles. The Labute approximate surface area is 110 Å². The maximum absolute atomic E-state index is 11.6. The summed E-state index contributed by atoms with van der Waals surface area (Å²) >= 11 is 1.83. The summed E-state index contributed by atoms with van der Waals surface area (Å²) in [6.07, 6.45) is 5.34. The summed E-state index contributed by atoms with van der Waals surface area (Å²) in [7, 11) is 1.53. The van der Waals surface area contributed by atoms with Gasteiger partial charge in [-0.15, -0.1) is 0 Å². The number of anilines is 2. The summed E-state index contributed by atoms with van der Waals surface area (Å²) in [5, 5.41) is 2.99. The van der Waals surface area contributed by atoms with E-state index in [1.165, 1.54) is 18.0 Å². The molecule has 0 amide bonds. The lowest BCUT2D eigenvalue weighted by Crippen LogP contribution is -2.32. The highest BCUT2D eigenvalue weighted by Gasteiger charge is 2.08. The molecule has 18 heavy (non-hydrogen) atoms. The monoisotopic (exact) mass is 272 g/mol. The molecule has 0 atom stereocenters. The normalized spacial score (nSPS) is 10.6. The number of nitrogens with one attached hydrogen (secondary N) is 2. The average Bonchev–Trinajstić information content (AvgIpc) is 2.34. The Bertz CT molecular complexity index is 495. The number of hydrogen-bond donors (Lipinski definition) is 3. The van der Waals surface area contributed by atoms with Crippen LogP contribution >= 0.6 is 11.8 Å². The Kier molecular flexibility index (Phi) is 5.84. The third-order valence-electron chi connectivity index (χ3n) is 2.70. The topological polar surface area (TPSA) is 92.9 Å². The standard InChI is InChI=1S/C11H20N4O2S/c1-15-9(12)8(10(16)14-11(15)17)13-6-4-3-5-7-18-2/h13H,3-7,12H2,1-2H3,(H,14,16,17). The maximum atomic E-state index is 11.6. The van der Waals surface area contributed by atoms with Crippen molar-refractivity contribution in [3.8, 4) is 0 Å². The molecule has 0 aliphatic carbocycles. The van der Waals surface area contributed by atoms with E-state index in [-0.39, 0.29) is 11.5 Å². The van der Waals surface area contributed by atoms with Crippen molar-refractivity contribution in [2.45, 2.75) is 19.3 Å². The van der Waals surface area contributed by atoms with E-state index in [9.17, 15) is 9.59 Å². The molecule has 0 unspecified atom stereocenters. The van der Waals surface area contributed by atoms with Gasteiger partial charge in [0, 0.05) is 13.6 Å². The van der Waals surface area contributed by atoms with E-state index in [2.05, 4.69) is 16.6 Å². The van der Waals surface area contributed by atoms with Crippen LogP contribution in [0.25, 0.3) is 0 Å². The van der Waals surface area contributed by atoms with Crippen LogP contribution < -0.4 is 22.3 Å². The second-order valence-corrected chi connectivity index (χ2v) is 5.04. The predicted octanol–water partition coefficient (Wildman–Crippen LogP) is 0.601. The first-order valence-corrected chi connectivity index (χ1v) is 7.29. The number of nitrogens with zero attached hydrogens (tertiary/aromatic N) is 1. The third-order valence-corrected chi connectivity index (χ3v) is 3.39. The highest BCUT2D eigenvalue weighted by atomic mass is 32.2. The van der Waals surface area contributed by atoms with Gasteiger partial charge in [-0.05, 0) is 24.9 Å². The Morgan fingerprint density at radius 1 is 1.33 bits per heavy atom. The van der Waals surface area contributed by atoms with E-state index >= 15 is 0 Å². The van der Waals surface area contributed by atoms with Gasteiger partial charge in [-0.25, -0.2) is 4.79 Å². The van der Waals surface area contributed by atoms with E-state index in [0.29, 0.717) is 6.54 Å². The average molecular weight is 272 g/mol. The number of hydrogen-bond acceptors (Lipinski definition) is 5. The van der Waals surface area contributed by atoms with E-state index in [4.69, 9.17) is 5.73 Å². The molecular formula is C11H20N4O2S. The first kappa shape index (κ1) is 14.7. The number of unbranched alkanes of at least 4 members (excludes halogenated alkanes) is 2. The minimum atomic E-state index is -0.497. The summed E-state index contributed by atoms with van der Waals surface area (Å²) in [5.74, 6) is 1.33. The summed E-state index contributed by atoms with van der Waals surface area (Å²) in [6.45, 7) is 0.680. The third kappa shape index (κ3) is 3.83. The Balaban J connectivity index is 2.55. The first-order valence-electron chi connectivity index (χ1n) is 5.89.